The number of hydrogen-bond acceptors (Lipinski definition) is 4. The van der Waals surface area contributed by atoms with Crippen LogP contribution in [0.2, 0.25) is 0 Å². The highest BCUT2D eigenvalue weighted by Crippen LogP contribution is 2.36. The Morgan fingerprint density at radius 2 is 1.62 bits per heavy atom. The van der Waals surface area contributed by atoms with Crippen LogP contribution in [-0.4, -0.2) is 24.4 Å². The topological polar surface area (TPSA) is 56.8 Å². The number of benzene rings is 2. The van der Waals surface area contributed by atoms with Crippen molar-refractivity contribution < 1.29 is 18.8 Å². The molecule has 0 bridgehead atoms. The number of ether oxygens (including phenoxy) is 1. The van der Waals surface area contributed by atoms with Crippen molar-refractivity contribution in [2.45, 2.75) is 45.8 Å². The minimum Gasteiger partial charge on any atom is -0.410 e. The van der Waals surface area contributed by atoms with E-state index in [1.807, 2.05) is 71.0 Å². The number of hydrogen-bond donors (Lipinski definition) is 1. The maximum absolute atomic E-state index is 12.0. The summed E-state index contributed by atoms with van der Waals surface area (Å²) in [5, 5.41) is 2.74. The van der Waals surface area contributed by atoms with Gasteiger partial charge in [-0.25, -0.2) is 4.79 Å². The molecule has 1 aliphatic rings. The Morgan fingerprint density at radius 3 is 2.19 bits per heavy atom. The van der Waals surface area contributed by atoms with Crippen LogP contribution in [0.15, 0.2) is 48.5 Å². The molecule has 0 saturated carbocycles. The van der Waals surface area contributed by atoms with E-state index in [1.165, 1.54) is 0 Å². The molecule has 1 saturated heterocycles. The van der Waals surface area contributed by atoms with Crippen LogP contribution in [0.25, 0.3) is 0 Å². The lowest BCUT2D eigenvalue weighted by molar-refractivity contribution is 0.00578. The van der Waals surface area contributed by atoms with E-state index in [0.717, 1.165) is 11.0 Å². The van der Waals surface area contributed by atoms with E-state index in [2.05, 4.69) is 5.32 Å². The third-order valence-corrected chi connectivity index (χ3v) is 4.98. The molecule has 1 N–H and O–H groups in total. The van der Waals surface area contributed by atoms with E-state index in [-0.39, 0.29) is 11.2 Å². The second-order valence-electron chi connectivity index (χ2n) is 7.49. The van der Waals surface area contributed by atoms with Crippen molar-refractivity contribution in [3.8, 4) is 5.75 Å². The van der Waals surface area contributed by atoms with Crippen LogP contribution in [0.3, 0.4) is 0 Å². The van der Waals surface area contributed by atoms with Gasteiger partial charge in [0.05, 0.1) is 11.2 Å². The standard InChI is InChI=1S/C20H24BNO4/c1-14-13-15(22-18(23)24-16-9-7-6-8-10-16)11-12-17(14)21-25-19(2,3)20(4,5)26-21/h6-13H,1-5H3,(H,22,23). The molecule has 1 amide bonds. The van der Waals surface area contributed by atoms with Crippen LogP contribution in [0.4, 0.5) is 10.5 Å². The maximum atomic E-state index is 12.0. The summed E-state index contributed by atoms with van der Waals surface area (Å²) in [6.45, 7) is 10.1. The van der Waals surface area contributed by atoms with Crippen LogP contribution in [0.1, 0.15) is 33.3 Å². The minimum absolute atomic E-state index is 0.388. The molecule has 0 atom stereocenters. The molecule has 0 radical (unpaired) electrons. The summed E-state index contributed by atoms with van der Waals surface area (Å²) in [7, 11) is -0.426. The molecule has 2 aromatic carbocycles. The number of anilines is 1. The summed E-state index contributed by atoms with van der Waals surface area (Å²) >= 11 is 0. The molecule has 26 heavy (non-hydrogen) atoms. The van der Waals surface area contributed by atoms with Gasteiger partial charge in [-0.2, -0.15) is 0 Å². The molecule has 0 spiro atoms. The van der Waals surface area contributed by atoms with Crippen molar-refractivity contribution in [3.05, 3.63) is 54.1 Å². The van der Waals surface area contributed by atoms with Crippen LogP contribution >= 0.6 is 0 Å². The van der Waals surface area contributed by atoms with Crippen molar-refractivity contribution in [3.63, 3.8) is 0 Å². The Kier molecular flexibility index (Phi) is 4.82. The first-order valence-corrected chi connectivity index (χ1v) is 8.68. The lowest BCUT2D eigenvalue weighted by Crippen LogP contribution is -2.41. The normalized spacial score (nSPS) is 17.8. The van der Waals surface area contributed by atoms with Gasteiger partial charge in [0.15, 0.2) is 0 Å². The molecule has 5 nitrogen and oxygen atoms in total. The number of aryl methyl sites for hydroxylation is 1. The largest absolute Gasteiger partial charge is 0.495 e. The Morgan fingerprint density at radius 1 is 1.00 bits per heavy atom. The average Bonchev–Trinajstić information content (AvgIpc) is 2.76. The van der Waals surface area contributed by atoms with Gasteiger partial charge in [0.2, 0.25) is 0 Å². The van der Waals surface area contributed by atoms with Crippen LogP contribution in [-0.2, 0) is 9.31 Å². The quantitative estimate of drug-likeness (QED) is 0.851. The average molecular weight is 353 g/mol. The SMILES string of the molecule is Cc1cc(NC(=O)Oc2ccccc2)ccc1B1OC(C)(C)C(C)(C)O1. The van der Waals surface area contributed by atoms with Gasteiger partial charge >= 0.3 is 13.2 Å². The Labute approximate surface area is 154 Å². The molecule has 3 rings (SSSR count). The van der Waals surface area contributed by atoms with E-state index in [4.69, 9.17) is 14.0 Å². The number of carbonyl (C=O) groups is 1. The molecule has 136 valence electrons. The molecule has 2 aromatic rings. The first-order valence-electron chi connectivity index (χ1n) is 8.68. The highest BCUT2D eigenvalue weighted by molar-refractivity contribution is 6.62. The number of carbonyl (C=O) groups excluding carboxylic acids is 1. The summed E-state index contributed by atoms with van der Waals surface area (Å²) in [6, 6.07) is 14.6. The minimum atomic E-state index is -0.529. The zero-order chi connectivity index (χ0) is 18.9. The van der Waals surface area contributed by atoms with Gasteiger partial charge in [-0.15, -0.1) is 0 Å². The predicted octanol–water partition coefficient (Wildman–Crippen LogP) is 3.91. The van der Waals surface area contributed by atoms with E-state index in [9.17, 15) is 4.79 Å². The molecule has 0 unspecified atom stereocenters. The van der Waals surface area contributed by atoms with Crippen LogP contribution in [0.5, 0.6) is 5.75 Å². The van der Waals surface area contributed by atoms with E-state index < -0.39 is 13.2 Å². The van der Waals surface area contributed by atoms with Gasteiger partial charge in [-0.3, -0.25) is 5.32 Å². The summed E-state index contributed by atoms with van der Waals surface area (Å²) in [5.41, 5.74) is 1.80. The first-order chi connectivity index (χ1) is 12.2. The highest BCUT2D eigenvalue weighted by Gasteiger charge is 2.52. The van der Waals surface area contributed by atoms with Crippen molar-refractivity contribution in [1.82, 2.24) is 0 Å². The van der Waals surface area contributed by atoms with Crippen molar-refractivity contribution in [1.29, 1.82) is 0 Å². The van der Waals surface area contributed by atoms with Gasteiger partial charge < -0.3 is 14.0 Å². The second kappa shape index (κ2) is 6.78. The number of nitrogens with one attached hydrogen (secondary N) is 1. The molecule has 0 aliphatic carbocycles. The first kappa shape index (κ1) is 18.5. The number of amides is 1. The maximum Gasteiger partial charge on any atom is 0.495 e. The fourth-order valence-electron chi connectivity index (χ4n) is 2.73. The molecule has 6 heteroatoms. The number of rotatable bonds is 3. The van der Waals surface area contributed by atoms with Gasteiger partial charge in [0, 0.05) is 5.69 Å². The fraction of sp³-hybridized carbons (Fsp3) is 0.350. The Bertz CT molecular complexity index is 789. The summed E-state index contributed by atoms with van der Waals surface area (Å²) in [5.74, 6) is 0.496. The smallest absolute Gasteiger partial charge is 0.410 e. The summed E-state index contributed by atoms with van der Waals surface area (Å²) < 4.78 is 17.4. The lowest BCUT2D eigenvalue weighted by atomic mass is 9.76. The van der Waals surface area contributed by atoms with E-state index >= 15 is 0 Å². The molecule has 1 aliphatic heterocycles. The zero-order valence-electron chi connectivity index (χ0n) is 15.8. The van der Waals surface area contributed by atoms with Gasteiger partial charge in [-0.05, 0) is 69.9 Å². The van der Waals surface area contributed by atoms with Gasteiger partial charge in [0.25, 0.3) is 0 Å². The third-order valence-electron chi connectivity index (χ3n) is 4.98. The summed E-state index contributed by atoms with van der Waals surface area (Å²) in [4.78, 5) is 12.0. The molecule has 1 fully saturated rings. The predicted molar refractivity (Wildman–Crippen MR) is 103 cm³/mol. The highest BCUT2D eigenvalue weighted by atomic mass is 16.7. The third kappa shape index (κ3) is 3.76. The Balaban J connectivity index is 1.69. The number of para-hydroxylation sites is 1. The lowest BCUT2D eigenvalue weighted by Gasteiger charge is -2.32. The molecule has 0 aromatic heterocycles. The van der Waals surface area contributed by atoms with E-state index in [1.54, 1.807) is 12.1 Å². The fourth-order valence-corrected chi connectivity index (χ4v) is 2.73. The van der Waals surface area contributed by atoms with Gasteiger partial charge in [0.1, 0.15) is 5.75 Å². The molecule has 1 heterocycles. The molecular formula is C20H24BNO4. The van der Waals surface area contributed by atoms with Crippen molar-refractivity contribution in [2.24, 2.45) is 0 Å². The van der Waals surface area contributed by atoms with E-state index in [0.29, 0.717) is 11.4 Å². The zero-order valence-corrected chi connectivity index (χ0v) is 15.8. The van der Waals surface area contributed by atoms with Crippen molar-refractivity contribution >= 4 is 24.4 Å². The second-order valence-corrected chi connectivity index (χ2v) is 7.49. The monoisotopic (exact) mass is 353 g/mol. The summed E-state index contributed by atoms with van der Waals surface area (Å²) in [6.07, 6.45) is -0.529. The van der Waals surface area contributed by atoms with Crippen LogP contribution < -0.4 is 15.5 Å². The Hall–Kier alpha value is -2.31. The van der Waals surface area contributed by atoms with Crippen molar-refractivity contribution in [2.75, 3.05) is 5.32 Å². The molecular weight excluding hydrogens is 329 g/mol. The van der Waals surface area contributed by atoms with Crippen LogP contribution in [0, 0.1) is 6.92 Å². The van der Waals surface area contributed by atoms with Gasteiger partial charge in [-0.1, -0.05) is 24.3 Å².